The van der Waals surface area contributed by atoms with Gasteiger partial charge >= 0.3 is 0 Å². The number of nitrogens with two attached hydrogens (primary N) is 1. The summed E-state index contributed by atoms with van der Waals surface area (Å²) in [6, 6.07) is 8.25. The number of halogens is 1. The highest BCUT2D eigenvalue weighted by atomic mass is 35.5. The molecule has 1 aromatic carbocycles. The molecule has 1 aromatic rings. The van der Waals surface area contributed by atoms with Gasteiger partial charge in [-0.1, -0.05) is 44.5 Å². The van der Waals surface area contributed by atoms with Gasteiger partial charge in [-0.25, -0.2) is 0 Å². The van der Waals surface area contributed by atoms with Crippen molar-refractivity contribution >= 4 is 18.3 Å². The second-order valence-electron chi connectivity index (χ2n) is 6.23. The van der Waals surface area contributed by atoms with Crippen LogP contribution in [0, 0.1) is 5.92 Å². The average Bonchev–Trinajstić information content (AvgIpc) is 2.40. The molecule has 3 nitrogen and oxygen atoms in total. The quantitative estimate of drug-likeness (QED) is 0.844. The molecule has 0 aromatic heterocycles. The molecule has 0 aliphatic heterocycles. The van der Waals surface area contributed by atoms with Crippen molar-refractivity contribution in [2.75, 3.05) is 6.54 Å². The summed E-state index contributed by atoms with van der Waals surface area (Å²) in [7, 11) is 0. The fourth-order valence-corrected chi connectivity index (χ4v) is 2.50. The normalized spacial score (nSPS) is 16.0. The van der Waals surface area contributed by atoms with E-state index in [1.165, 1.54) is 24.8 Å². The van der Waals surface area contributed by atoms with Gasteiger partial charge in [-0.2, -0.15) is 0 Å². The van der Waals surface area contributed by atoms with Gasteiger partial charge in [-0.05, 0) is 35.8 Å². The molecule has 21 heavy (non-hydrogen) atoms. The van der Waals surface area contributed by atoms with E-state index in [0.29, 0.717) is 24.8 Å². The summed E-state index contributed by atoms with van der Waals surface area (Å²) in [6.45, 7) is 4.87. The molecule has 0 spiro atoms. The van der Waals surface area contributed by atoms with E-state index >= 15 is 0 Å². The number of hydrogen-bond acceptors (Lipinski definition) is 2. The fraction of sp³-hybridized carbons (Fsp3) is 0.588. The number of hydrogen-bond donors (Lipinski definition) is 2. The second kappa shape index (κ2) is 8.40. The van der Waals surface area contributed by atoms with Crippen LogP contribution < -0.4 is 11.1 Å². The van der Waals surface area contributed by atoms with Crippen molar-refractivity contribution in [2.45, 2.75) is 51.5 Å². The van der Waals surface area contributed by atoms with Gasteiger partial charge in [0.05, 0.1) is 0 Å². The van der Waals surface area contributed by atoms with E-state index in [0.717, 1.165) is 5.56 Å². The molecule has 0 radical (unpaired) electrons. The van der Waals surface area contributed by atoms with E-state index in [4.69, 9.17) is 5.73 Å². The average molecular weight is 311 g/mol. The van der Waals surface area contributed by atoms with Gasteiger partial charge in [0.2, 0.25) is 5.91 Å². The van der Waals surface area contributed by atoms with Crippen LogP contribution in [0.4, 0.5) is 0 Å². The first-order valence-electron chi connectivity index (χ1n) is 7.68. The van der Waals surface area contributed by atoms with Crippen molar-refractivity contribution in [1.29, 1.82) is 0 Å². The molecular formula is C17H27ClN2O. The van der Waals surface area contributed by atoms with Gasteiger partial charge in [-0.3, -0.25) is 4.79 Å². The first-order valence-corrected chi connectivity index (χ1v) is 7.68. The van der Waals surface area contributed by atoms with Gasteiger partial charge in [0, 0.05) is 19.0 Å². The van der Waals surface area contributed by atoms with Crippen molar-refractivity contribution in [3.63, 3.8) is 0 Å². The van der Waals surface area contributed by atoms with E-state index in [1.54, 1.807) is 0 Å². The van der Waals surface area contributed by atoms with E-state index < -0.39 is 0 Å². The van der Waals surface area contributed by atoms with Crippen LogP contribution in [0.25, 0.3) is 0 Å². The number of carbonyl (C=O) groups excluding carboxylic acids is 1. The molecule has 118 valence electrons. The Morgan fingerprint density at radius 1 is 1.24 bits per heavy atom. The monoisotopic (exact) mass is 310 g/mol. The van der Waals surface area contributed by atoms with E-state index in [2.05, 4.69) is 43.4 Å². The zero-order chi connectivity index (χ0) is 14.5. The predicted octanol–water partition coefficient (Wildman–Crippen LogP) is 3.54. The van der Waals surface area contributed by atoms with Crippen molar-refractivity contribution in [2.24, 2.45) is 11.7 Å². The van der Waals surface area contributed by atoms with Crippen LogP contribution >= 0.6 is 12.4 Å². The third kappa shape index (κ3) is 5.33. The summed E-state index contributed by atoms with van der Waals surface area (Å²) in [5.41, 5.74) is 8.53. The molecule has 4 heteroatoms. The molecule has 1 aliphatic rings. The SMILES string of the molecule is CC(C)c1ccc(C(N)CNC(=O)CC2CCC2)cc1.Cl. The number of nitrogens with one attached hydrogen (secondary N) is 1. The molecule has 1 aliphatic carbocycles. The molecule has 0 saturated heterocycles. The van der Waals surface area contributed by atoms with Crippen molar-refractivity contribution in [3.8, 4) is 0 Å². The largest absolute Gasteiger partial charge is 0.354 e. The Morgan fingerprint density at radius 2 is 1.81 bits per heavy atom. The maximum atomic E-state index is 11.8. The van der Waals surface area contributed by atoms with Gasteiger partial charge < -0.3 is 11.1 Å². The van der Waals surface area contributed by atoms with Crippen LogP contribution in [-0.4, -0.2) is 12.5 Å². The summed E-state index contributed by atoms with van der Waals surface area (Å²) >= 11 is 0. The standard InChI is InChI=1S/C17H26N2O.ClH/c1-12(2)14-6-8-15(9-7-14)16(18)11-19-17(20)10-13-4-3-5-13;/h6-9,12-13,16H,3-5,10-11,18H2,1-2H3,(H,19,20);1H. The third-order valence-electron chi connectivity index (χ3n) is 4.25. The molecule has 1 saturated carbocycles. The predicted molar refractivity (Wildman–Crippen MR) is 89.7 cm³/mol. The maximum Gasteiger partial charge on any atom is 0.220 e. The molecule has 1 fully saturated rings. The Balaban J connectivity index is 0.00000220. The summed E-state index contributed by atoms with van der Waals surface area (Å²) in [4.78, 5) is 11.8. The van der Waals surface area contributed by atoms with Crippen LogP contribution in [-0.2, 0) is 4.79 Å². The van der Waals surface area contributed by atoms with Crippen molar-refractivity contribution < 1.29 is 4.79 Å². The highest BCUT2D eigenvalue weighted by molar-refractivity contribution is 5.85. The van der Waals surface area contributed by atoms with Gasteiger partial charge in [0.25, 0.3) is 0 Å². The summed E-state index contributed by atoms with van der Waals surface area (Å²) in [5.74, 6) is 1.28. The van der Waals surface area contributed by atoms with Gasteiger partial charge in [0.15, 0.2) is 0 Å². The highest BCUT2D eigenvalue weighted by Gasteiger charge is 2.20. The van der Waals surface area contributed by atoms with Crippen LogP contribution in [0.3, 0.4) is 0 Å². The molecule has 1 atom stereocenters. The lowest BCUT2D eigenvalue weighted by Crippen LogP contribution is -2.33. The summed E-state index contributed by atoms with van der Waals surface area (Å²) in [6.07, 6.45) is 4.35. The number of rotatable bonds is 6. The molecule has 0 bridgehead atoms. The Labute approximate surface area is 134 Å². The van der Waals surface area contributed by atoms with Crippen LogP contribution in [0.5, 0.6) is 0 Å². The number of carbonyl (C=O) groups is 1. The van der Waals surface area contributed by atoms with E-state index in [9.17, 15) is 4.79 Å². The van der Waals surface area contributed by atoms with Gasteiger partial charge in [-0.15, -0.1) is 12.4 Å². The first-order chi connectivity index (χ1) is 9.56. The third-order valence-corrected chi connectivity index (χ3v) is 4.25. The second-order valence-corrected chi connectivity index (χ2v) is 6.23. The molecular weight excluding hydrogens is 284 g/mol. The molecule has 1 amide bonds. The van der Waals surface area contributed by atoms with Crippen LogP contribution in [0.2, 0.25) is 0 Å². The summed E-state index contributed by atoms with van der Waals surface area (Å²) in [5, 5.41) is 2.95. The fourth-order valence-electron chi connectivity index (χ4n) is 2.50. The van der Waals surface area contributed by atoms with E-state index in [-0.39, 0.29) is 24.4 Å². The van der Waals surface area contributed by atoms with Crippen LogP contribution in [0.15, 0.2) is 24.3 Å². The molecule has 2 rings (SSSR count). The lowest BCUT2D eigenvalue weighted by molar-refractivity contribution is -0.122. The minimum atomic E-state index is -0.124. The Kier molecular flexibility index (Phi) is 7.20. The molecule has 0 heterocycles. The minimum Gasteiger partial charge on any atom is -0.354 e. The lowest BCUT2D eigenvalue weighted by atomic mass is 9.83. The van der Waals surface area contributed by atoms with Crippen molar-refractivity contribution in [3.05, 3.63) is 35.4 Å². The number of benzene rings is 1. The Morgan fingerprint density at radius 3 is 2.29 bits per heavy atom. The smallest absolute Gasteiger partial charge is 0.220 e. The summed E-state index contributed by atoms with van der Waals surface area (Å²) < 4.78 is 0. The van der Waals surface area contributed by atoms with Crippen LogP contribution in [0.1, 0.15) is 62.6 Å². The maximum absolute atomic E-state index is 11.8. The number of amides is 1. The lowest BCUT2D eigenvalue weighted by Gasteiger charge is -2.24. The van der Waals surface area contributed by atoms with E-state index in [1.807, 2.05) is 0 Å². The zero-order valence-corrected chi connectivity index (χ0v) is 13.8. The molecule has 1 unspecified atom stereocenters. The van der Waals surface area contributed by atoms with Gasteiger partial charge in [0.1, 0.15) is 0 Å². The molecule has 3 N–H and O–H groups in total. The first kappa shape index (κ1) is 18.0. The Hall–Kier alpha value is -1.06. The minimum absolute atomic E-state index is 0. The highest BCUT2D eigenvalue weighted by Crippen LogP contribution is 2.29. The Bertz CT molecular complexity index is 441. The zero-order valence-electron chi connectivity index (χ0n) is 13.0. The van der Waals surface area contributed by atoms with Crippen molar-refractivity contribution in [1.82, 2.24) is 5.32 Å². The topological polar surface area (TPSA) is 55.1 Å².